The molecule has 1 atom stereocenters. The minimum absolute atomic E-state index is 0.169. The number of ether oxygens (including phenoxy) is 2. The molecule has 0 aromatic rings. The molecular weight excluding hydrogens is 258 g/mol. The van der Waals surface area contributed by atoms with Crippen LogP contribution in [-0.2, 0) is 14.3 Å². The molecule has 1 rings (SSSR count). The van der Waals surface area contributed by atoms with Gasteiger partial charge in [0.05, 0.1) is 13.2 Å². The molecule has 1 fully saturated rings. The van der Waals surface area contributed by atoms with E-state index < -0.39 is 12.1 Å². The lowest BCUT2D eigenvalue weighted by molar-refractivity contribution is -0.148. The van der Waals surface area contributed by atoms with Crippen molar-refractivity contribution in [1.29, 1.82) is 0 Å². The third-order valence-electron chi connectivity index (χ3n) is 3.53. The first-order valence-corrected chi connectivity index (χ1v) is 7.79. The Kier molecular flexibility index (Phi) is 8.07. The Morgan fingerprint density at radius 1 is 1.05 bits per heavy atom. The summed E-state index contributed by atoms with van der Waals surface area (Å²) in [5.41, 5.74) is 0. The molecule has 1 aliphatic carbocycles. The number of nitrogens with one attached hydrogen (secondary N) is 1. The highest BCUT2D eigenvalue weighted by molar-refractivity contribution is 5.81. The summed E-state index contributed by atoms with van der Waals surface area (Å²) < 4.78 is 10.2. The summed E-state index contributed by atoms with van der Waals surface area (Å²) in [4.78, 5) is 23.8. The molecule has 0 aromatic carbocycles. The van der Waals surface area contributed by atoms with Gasteiger partial charge in [-0.1, -0.05) is 33.1 Å². The molecule has 1 unspecified atom stereocenters. The molecule has 0 heterocycles. The lowest BCUT2D eigenvalue weighted by Crippen LogP contribution is -2.47. The smallest absolute Gasteiger partial charge is 0.407 e. The molecule has 1 aliphatic rings. The number of amides is 1. The van der Waals surface area contributed by atoms with Gasteiger partial charge in [0, 0.05) is 0 Å². The lowest BCUT2D eigenvalue weighted by atomic mass is 9.84. The Hall–Kier alpha value is -1.26. The Labute approximate surface area is 121 Å². The molecule has 1 N–H and O–H groups in total. The van der Waals surface area contributed by atoms with Crippen molar-refractivity contribution in [1.82, 2.24) is 5.32 Å². The molecule has 0 aromatic heterocycles. The Balaban J connectivity index is 2.57. The van der Waals surface area contributed by atoms with Crippen molar-refractivity contribution in [2.45, 2.75) is 64.8 Å². The molecule has 1 amide bonds. The first-order chi connectivity index (χ1) is 9.69. The molecule has 5 heteroatoms. The third kappa shape index (κ3) is 5.80. The van der Waals surface area contributed by atoms with Gasteiger partial charge >= 0.3 is 12.1 Å². The van der Waals surface area contributed by atoms with Crippen molar-refractivity contribution in [3.63, 3.8) is 0 Å². The molecule has 0 radical (unpaired) electrons. The van der Waals surface area contributed by atoms with E-state index in [1.807, 2.05) is 13.8 Å². The van der Waals surface area contributed by atoms with Crippen LogP contribution in [0.5, 0.6) is 0 Å². The Morgan fingerprint density at radius 2 is 1.65 bits per heavy atom. The summed E-state index contributed by atoms with van der Waals surface area (Å²) in [5, 5.41) is 2.69. The number of alkyl carbamates (subject to hydrolysis) is 1. The van der Waals surface area contributed by atoms with E-state index in [2.05, 4.69) is 5.32 Å². The molecule has 0 bridgehead atoms. The number of carbonyl (C=O) groups is 2. The average Bonchev–Trinajstić information content (AvgIpc) is 2.49. The predicted molar refractivity (Wildman–Crippen MR) is 76.4 cm³/mol. The lowest BCUT2D eigenvalue weighted by Gasteiger charge is -2.29. The van der Waals surface area contributed by atoms with E-state index in [4.69, 9.17) is 9.47 Å². The first kappa shape index (κ1) is 16.8. The van der Waals surface area contributed by atoms with Crippen LogP contribution in [0.25, 0.3) is 0 Å². The topological polar surface area (TPSA) is 64.6 Å². The van der Waals surface area contributed by atoms with Crippen molar-refractivity contribution in [2.24, 2.45) is 5.92 Å². The van der Waals surface area contributed by atoms with Crippen molar-refractivity contribution < 1.29 is 19.1 Å². The maximum atomic E-state index is 12.1. The van der Waals surface area contributed by atoms with Gasteiger partial charge in [-0.15, -0.1) is 0 Å². The van der Waals surface area contributed by atoms with Crippen LogP contribution in [0.1, 0.15) is 58.8 Å². The quantitative estimate of drug-likeness (QED) is 0.730. The SMILES string of the molecule is CCCOC(=O)NC(C(=O)OCCC)C1CCCCC1. The van der Waals surface area contributed by atoms with Crippen LogP contribution < -0.4 is 5.32 Å². The fourth-order valence-corrected chi connectivity index (χ4v) is 2.49. The van der Waals surface area contributed by atoms with Crippen LogP contribution in [0, 0.1) is 5.92 Å². The second kappa shape index (κ2) is 9.61. The van der Waals surface area contributed by atoms with Gasteiger partial charge in [0.1, 0.15) is 6.04 Å². The Morgan fingerprint density at radius 3 is 2.25 bits per heavy atom. The molecule has 20 heavy (non-hydrogen) atoms. The van der Waals surface area contributed by atoms with Crippen molar-refractivity contribution in [3.8, 4) is 0 Å². The fraction of sp³-hybridized carbons (Fsp3) is 0.867. The van der Waals surface area contributed by atoms with E-state index in [1.54, 1.807) is 0 Å². The van der Waals surface area contributed by atoms with E-state index in [0.717, 1.165) is 38.5 Å². The molecule has 1 saturated carbocycles. The summed E-state index contributed by atoms with van der Waals surface area (Å²) in [6.45, 7) is 4.65. The fourth-order valence-electron chi connectivity index (χ4n) is 2.49. The second-order valence-electron chi connectivity index (χ2n) is 5.32. The van der Waals surface area contributed by atoms with Gasteiger partial charge in [-0.05, 0) is 31.6 Å². The highest BCUT2D eigenvalue weighted by Gasteiger charge is 2.32. The number of carbonyl (C=O) groups excluding carboxylic acids is 2. The highest BCUT2D eigenvalue weighted by atomic mass is 16.6. The van der Waals surface area contributed by atoms with E-state index in [1.165, 1.54) is 6.42 Å². The van der Waals surface area contributed by atoms with Gasteiger partial charge in [0.25, 0.3) is 0 Å². The molecule has 116 valence electrons. The maximum absolute atomic E-state index is 12.1. The minimum Gasteiger partial charge on any atom is -0.464 e. The molecule has 0 aliphatic heterocycles. The van der Waals surface area contributed by atoms with Crippen molar-refractivity contribution in [2.75, 3.05) is 13.2 Å². The van der Waals surface area contributed by atoms with Gasteiger partial charge in [0.15, 0.2) is 0 Å². The van der Waals surface area contributed by atoms with Gasteiger partial charge in [0.2, 0.25) is 0 Å². The number of hydrogen-bond donors (Lipinski definition) is 1. The third-order valence-corrected chi connectivity index (χ3v) is 3.53. The number of rotatable bonds is 7. The van der Waals surface area contributed by atoms with E-state index >= 15 is 0 Å². The van der Waals surface area contributed by atoms with Crippen LogP contribution in [0.3, 0.4) is 0 Å². The average molecular weight is 285 g/mol. The van der Waals surface area contributed by atoms with Gasteiger partial charge in [-0.25, -0.2) is 9.59 Å². The number of hydrogen-bond acceptors (Lipinski definition) is 4. The molecular formula is C15H27NO4. The zero-order valence-corrected chi connectivity index (χ0v) is 12.7. The second-order valence-corrected chi connectivity index (χ2v) is 5.32. The van der Waals surface area contributed by atoms with Crippen molar-refractivity contribution >= 4 is 12.1 Å². The van der Waals surface area contributed by atoms with Crippen LogP contribution in [0.15, 0.2) is 0 Å². The molecule has 5 nitrogen and oxygen atoms in total. The zero-order chi connectivity index (χ0) is 14.8. The van der Waals surface area contributed by atoms with Crippen LogP contribution in [0.4, 0.5) is 4.79 Å². The summed E-state index contributed by atoms with van der Waals surface area (Å²) in [6, 6.07) is -0.564. The first-order valence-electron chi connectivity index (χ1n) is 7.79. The molecule has 0 saturated heterocycles. The van der Waals surface area contributed by atoms with Gasteiger partial charge in [-0.3, -0.25) is 0 Å². The van der Waals surface area contributed by atoms with Crippen molar-refractivity contribution in [3.05, 3.63) is 0 Å². The monoisotopic (exact) mass is 285 g/mol. The predicted octanol–water partition coefficient (Wildman–Crippen LogP) is 3.02. The Bertz CT molecular complexity index is 300. The standard InChI is InChI=1S/C15H27NO4/c1-3-10-19-14(17)13(12-8-6-5-7-9-12)16-15(18)20-11-4-2/h12-13H,3-11H2,1-2H3,(H,16,18). The largest absolute Gasteiger partial charge is 0.464 e. The maximum Gasteiger partial charge on any atom is 0.407 e. The number of esters is 1. The van der Waals surface area contributed by atoms with Gasteiger partial charge < -0.3 is 14.8 Å². The van der Waals surface area contributed by atoms with Gasteiger partial charge in [-0.2, -0.15) is 0 Å². The summed E-state index contributed by atoms with van der Waals surface area (Å²) in [5.74, 6) is -0.158. The van der Waals surface area contributed by atoms with E-state index in [0.29, 0.717) is 13.2 Å². The van der Waals surface area contributed by atoms with E-state index in [9.17, 15) is 9.59 Å². The zero-order valence-electron chi connectivity index (χ0n) is 12.7. The highest BCUT2D eigenvalue weighted by Crippen LogP contribution is 2.27. The van der Waals surface area contributed by atoms with Crippen LogP contribution >= 0.6 is 0 Å². The van der Waals surface area contributed by atoms with Crippen LogP contribution in [0.2, 0.25) is 0 Å². The molecule has 0 spiro atoms. The van der Waals surface area contributed by atoms with Crippen LogP contribution in [-0.4, -0.2) is 31.3 Å². The minimum atomic E-state index is -0.564. The summed E-state index contributed by atoms with van der Waals surface area (Å²) in [7, 11) is 0. The summed E-state index contributed by atoms with van der Waals surface area (Å²) in [6.07, 6.45) is 6.36. The normalized spacial score (nSPS) is 17.3. The summed E-state index contributed by atoms with van der Waals surface area (Å²) >= 11 is 0. The van der Waals surface area contributed by atoms with E-state index in [-0.39, 0.29) is 11.9 Å².